The molecule has 1 heterocycles. The fourth-order valence-corrected chi connectivity index (χ4v) is 3.17. The number of carbonyl (C=O) groups is 1. The van der Waals surface area contributed by atoms with Gasteiger partial charge in [-0.15, -0.1) is 0 Å². The zero-order chi connectivity index (χ0) is 12.5. The Bertz CT molecular complexity index is 496. The number of ketones is 1. The molecule has 0 saturated carbocycles. The Labute approximate surface area is 115 Å². The zero-order valence-corrected chi connectivity index (χ0v) is 11.7. The van der Waals surface area contributed by atoms with Gasteiger partial charge in [-0.25, -0.2) is 0 Å². The van der Waals surface area contributed by atoms with Crippen molar-refractivity contribution in [2.45, 2.75) is 32.1 Å². The molecule has 3 rings (SSSR count). The van der Waals surface area contributed by atoms with Crippen LogP contribution in [0.5, 0.6) is 11.5 Å². The van der Waals surface area contributed by atoms with Gasteiger partial charge in [0.05, 0.1) is 18.8 Å². The van der Waals surface area contributed by atoms with E-state index in [4.69, 9.17) is 9.47 Å². The lowest BCUT2D eigenvalue weighted by Gasteiger charge is -2.15. The van der Waals surface area contributed by atoms with Gasteiger partial charge in [-0.1, -0.05) is 15.9 Å². The van der Waals surface area contributed by atoms with Crippen LogP contribution in [0.1, 0.15) is 41.6 Å². The first-order valence-electron chi connectivity index (χ1n) is 6.41. The Hall–Kier alpha value is -1.03. The van der Waals surface area contributed by atoms with Gasteiger partial charge in [-0.3, -0.25) is 4.79 Å². The summed E-state index contributed by atoms with van der Waals surface area (Å²) in [7, 11) is 0. The van der Waals surface area contributed by atoms with Crippen LogP contribution in [0.25, 0.3) is 0 Å². The second-order valence-corrected chi connectivity index (χ2v) is 5.57. The van der Waals surface area contributed by atoms with Crippen molar-refractivity contribution >= 4 is 21.7 Å². The molecule has 0 amide bonds. The summed E-state index contributed by atoms with van der Waals surface area (Å²) < 4.78 is 12.4. The molecule has 1 aromatic rings. The predicted octanol–water partition coefficient (Wildman–Crippen LogP) is 3.52. The molecule has 1 aromatic carbocycles. The number of fused-ring (bicyclic) bond motifs is 3. The maximum absolute atomic E-state index is 12.3. The second kappa shape index (κ2) is 4.92. The van der Waals surface area contributed by atoms with Crippen LogP contribution in [-0.2, 0) is 6.42 Å². The van der Waals surface area contributed by atoms with Crippen molar-refractivity contribution < 1.29 is 14.3 Å². The molecular formula is C14H15BrO3. The lowest BCUT2D eigenvalue weighted by atomic mass is 10.0. The van der Waals surface area contributed by atoms with E-state index in [9.17, 15) is 4.79 Å². The van der Waals surface area contributed by atoms with Gasteiger partial charge in [0, 0.05) is 17.3 Å². The second-order valence-electron chi connectivity index (χ2n) is 4.72. The van der Waals surface area contributed by atoms with Crippen LogP contribution in [0.3, 0.4) is 0 Å². The molecule has 0 atom stereocenters. The molecule has 0 N–H and O–H groups in total. The number of Topliss-reactive ketones (excluding diaryl/α,β-unsaturated/α-hetero) is 1. The van der Waals surface area contributed by atoms with Crippen LogP contribution >= 0.6 is 15.9 Å². The van der Waals surface area contributed by atoms with Crippen molar-refractivity contribution in [2.24, 2.45) is 0 Å². The quantitative estimate of drug-likeness (QED) is 0.688. The van der Waals surface area contributed by atoms with E-state index in [-0.39, 0.29) is 5.78 Å². The van der Waals surface area contributed by atoms with Gasteiger partial charge in [-0.2, -0.15) is 0 Å². The van der Waals surface area contributed by atoms with E-state index < -0.39 is 0 Å². The predicted molar refractivity (Wildman–Crippen MR) is 71.6 cm³/mol. The third kappa shape index (κ3) is 2.03. The highest BCUT2D eigenvalue weighted by Gasteiger charge is 2.27. The molecule has 4 heteroatoms. The minimum absolute atomic E-state index is 0.186. The first-order valence-corrected chi connectivity index (χ1v) is 7.21. The molecule has 18 heavy (non-hydrogen) atoms. The largest absolute Gasteiger partial charge is 0.489 e. The van der Waals surface area contributed by atoms with E-state index in [0.717, 1.165) is 41.3 Å². The van der Waals surface area contributed by atoms with Gasteiger partial charge < -0.3 is 9.47 Å². The smallest absolute Gasteiger partial charge is 0.172 e. The van der Waals surface area contributed by atoms with Crippen LogP contribution in [-0.4, -0.2) is 19.0 Å². The summed E-state index contributed by atoms with van der Waals surface area (Å²) in [4.78, 5) is 12.3. The monoisotopic (exact) mass is 310 g/mol. The normalized spacial score (nSPS) is 18.8. The highest BCUT2D eigenvalue weighted by atomic mass is 79.9. The average molecular weight is 311 g/mol. The summed E-state index contributed by atoms with van der Waals surface area (Å²) in [6.45, 7) is 1.26. The van der Waals surface area contributed by atoms with Gasteiger partial charge in [0.15, 0.2) is 17.3 Å². The molecule has 1 aliphatic heterocycles. The Balaban J connectivity index is 2.20. The Kier molecular flexibility index (Phi) is 3.29. The molecule has 0 spiro atoms. The van der Waals surface area contributed by atoms with Crippen molar-refractivity contribution in [3.8, 4) is 11.5 Å². The number of halogens is 1. The lowest BCUT2D eigenvalue weighted by molar-refractivity contribution is 0.0978. The SMILES string of the molecule is O=C1CCCCc2c(Br)cc3c(c21)OCCCO3. The molecule has 0 aromatic heterocycles. The van der Waals surface area contributed by atoms with Gasteiger partial charge in [0.2, 0.25) is 0 Å². The van der Waals surface area contributed by atoms with E-state index in [0.29, 0.717) is 31.1 Å². The topological polar surface area (TPSA) is 35.5 Å². The van der Waals surface area contributed by atoms with Crippen molar-refractivity contribution in [1.82, 2.24) is 0 Å². The Morgan fingerprint density at radius 1 is 1.06 bits per heavy atom. The number of ether oxygens (including phenoxy) is 2. The third-order valence-corrected chi connectivity index (χ3v) is 4.16. The lowest BCUT2D eigenvalue weighted by Crippen LogP contribution is -2.06. The average Bonchev–Trinajstić information content (AvgIpc) is 2.68. The van der Waals surface area contributed by atoms with E-state index in [1.165, 1.54) is 0 Å². The summed E-state index contributed by atoms with van der Waals surface area (Å²) >= 11 is 3.56. The molecule has 0 saturated heterocycles. The zero-order valence-electron chi connectivity index (χ0n) is 10.1. The van der Waals surface area contributed by atoms with Gasteiger partial charge in [0.1, 0.15) is 0 Å². The number of hydrogen-bond donors (Lipinski definition) is 0. The molecule has 3 nitrogen and oxygen atoms in total. The highest BCUT2D eigenvalue weighted by molar-refractivity contribution is 9.10. The third-order valence-electron chi connectivity index (χ3n) is 3.45. The van der Waals surface area contributed by atoms with Gasteiger partial charge >= 0.3 is 0 Å². The molecule has 0 unspecified atom stereocenters. The van der Waals surface area contributed by atoms with Crippen molar-refractivity contribution in [3.63, 3.8) is 0 Å². The highest BCUT2D eigenvalue weighted by Crippen LogP contribution is 2.42. The molecule has 1 aliphatic carbocycles. The molecule has 0 fully saturated rings. The number of carbonyl (C=O) groups excluding carboxylic acids is 1. The molecule has 2 aliphatic rings. The molecular weight excluding hydrogens is 296 g/mol. The van der Waals surface area contributed by atoms with Crippen molar-refractivity contribution in [3.05, 3.63) is 21.7 Å². The van der Waals surface area contributed by atoms with Crippen LogP contribution in [0.4, 0.5) is 0 Å². The number of rotatable bonds is 0. The fraction of sp³-hybridized carbons (Fsp3) is 0.500. The number of hydrogen-bond acceptors (Lipinski definition) is 3. The fourth-order valence-electron chi connectivity index (χ4n) is 2.56. The van der Waals surface area contributed by atoms with Crippen LogP contribution in [0.15, 0.2) is 10.5 Å². The summed E-state index contributed by atoms with van der Waals surface area (Å²) in [5, 5.41) is 0. The standard InChI is InChI=1S/C14H15BrO3/c15-10-8-12-14(18-7-3-6-17-12)13-9(10)4-1-2-5-11(13)16/h8H,1-7H2. The molecule has 96 valence electrons. The first kappa shape index (κ1) is 12.0. The Morgan fingerprint density at radius 2 is 1.83 bits per heavy atom. The van der Waals surface area contributed by atoms with E-state index in [2.05, 4.69) is 15.9 Å². The van der Waals surface area contributed by atoms with Crippen molar-refractivity contribution in [1.29, 1.82) is 0 Å². The summed E-state index contributed by atoms with van der Waals surface area (Å²) in [6.07, 6.45) is 4.40. The van der Waals surface area contributed by atoms with Crippen molar-refractivity contribution in [2.75, 3.05) is 13.2 Å². The summed E-state index contributed by atoms with van der Waals surface area (Å²) in [5.41, 5.74) is 1.83. The minimum Gasteiger partial charge on any atom is -0.489 e. The van der Waals surface area contributed by atoms with E-state index in [1.54, 1.807) is 0 Å². The van der Waals surface area contributed by atoms with E-state index >= 15 is 0 Å². The van der Waals surface area contributed by atoms with Gasteiger partial charge in [-0.05, 0) is 30.9 Å². The summed E-state index contributed by atoms with van der Waals surface area (Å²) in [5.74, 6) is 1.55. The Morgan fingerprint density at radius 3 is 2.72 bits per heavy atom. The maximum Gasteiger partial charge on any atom is 0.172 e. The maximum atomic E-state index is 12.3. The molecule has 0 bridgehead atoms. The molecule has 0 radical (unpaired) electrons. The van der Waals surface area contributed by atoms with Crippen LogP contribution in [0, 0.1) is 0 Å². The number of benzene rings is 1. The van der Waals surface area contributed by atoms with Crippen LogP contribution < -0.4 is 9.47 Å². The minimum atomic E-state index is 0.186. The first-order chi connectivity index (χ1) is 8.77. The van der Waals surface area contributed by atoms with E-state index in [1.807, 2.05) is 6.07 Å². The summed E-state index contributed by atoms with van der Waals surface area (Å²) in [6, 6.07) is 1.94. The van der Waals surface area contributed by atoms with Crippen LogP contribution in [0.2, 0.25) is 0 Å². The van der Waals surface area contributed by atoms with Gasteiger partial charge in [0.25, 0.3) is 0 Å².